The van der Waals surface area contributed by atoms with Gasteiger partial charge in [0.15, 0.2) is 0 Å². The Morgan fingerprint density at radius 2 is 2.00 bits per heavy atom. The smallest absolute Gasteiger partial charge is 0.338 e. The van der Waals surface area contributed by atoms with Gasteiger partial charge in [0.25, 0.3) is 0 Å². The number of carbonyl (C=O) groups is 1. The first-order valence-corrected chi connectivity index (χ1v) is 5.81. The number of benzene rings is 1. The van der Waals surface area contributed by atoms with Crippen molar-refractivity contribution in [1.82, 2.24) is 0 Å². The van der Waals surface area contributed by atoms with Crippen LogP contribution in [0.4, 0.5) is 0 Å². The van der Waals surface area contributed by atoms with E-state index < -0.39 is 0 Å². The summed E-state index contributed by atoms with van der Waals surface area (Å²) in [6, 6.07) is 7.68. The summed E-state index contributed by atoms with van der Waals surface area (Å²) >= 11 is 0. The van der Waals surface area contributed by atoms with Gasteiger partial charge in [0.1, 0.15) is 0 Å². The lowest BCUT2D eigenvalue weighted by atomic mass is 9.99. The molecule has 0 saturated carbocycles. The van der Waals surface area contributed by atoms with Gasteiger partial charge >= 0.3 is 5.97 Å². The first-order chi connectivity index (χ1) is 7.65. The van der Waals surface area contributed by atoms with Gasteiger partial charge in [-0.15, -0.1) is 0 Å². The number of esters is 1. The minimum absolute atomic E-state index is 0.236. The van der Waals surface area contributed by atoms with Crippen LogP contribution in [-0.4, -0.2) is 13.1 Å². The molecule has 0 bridgehead atoms. The van der Waals surface area contributed by atoms with Gasteiger partial charge in [0, 0.05) is 0 Å². The number of hydrogen-bond acceptors (Lipinski definition) is 2. The molecule has 0 aromatic heterocycles. The molecule has 0 spiro atoms. The molecular formula is C14H20O2. The van der Waals surface area contributed by atoms with Crippen molar-refractivity contribution in [3.63, 3.8) is 0 Å². The normalized spacial score (nSPS) is 10.5. The molecule has 2 nitrogen and oxygen atoms in total. The molecule has 2 heteroatoms. The molecule has 1 aromatic rings. The van der Waals surface area contributed by atoms with E-state index in [4.69, 9.17) is 4.74 Å². The molecule has 88 valence electrons. The number of methoxy groups -OCH3 is 1. The van der Waals surface area contributed by atoms with Crippen molar-refractivity contribution in [2.75, 3.05) is 7.11 Å². The fourth-order valence-electron chi connectivity index (χ4n) is 1.75. The summed E-state index contributed by atoms with van der Waals surface area (Å²) in [5.74, 6) is 0.477. The maximum atomic E-state index is 11.5. The highest BCUT2D eigenvalue weighted by atomic mass is 16.5. The summed E-state index contributed by atoms with van der Waals surface area (Å²) in [5, 5.41) is 0. The molecule has 0 atom stereocenters. The van der Waals surface area contributed by atoms with Gasteiger partial charge < -0.3 is 4.74 Å². The number of carbonyl (C=O) groups excluding carboxylic acids is 1. The van der Waals surface area contributed by atoms with E-state index in [9.17, 15) is 4.79 Å². The zero-order valence-corrected chi connectivity index (χ0v) is 10.3. The van der Waals surface area contributed by atoms with Crippen LogP contribution in [0.3, 0.4) is 0 Å². The van der Waals surface area contributed by atoms with Crippen LogP contribution in [0.2, 0.25) is 0 Å². The largest absolute Gasteiger partial charge is 0.465 e. The van der Waals surface area contributed by atoms with Crippen molar-refractivity contribution in [3.05, 3.63) is 35.4 Å². The SMILES string of the molecule is COC(=O)c1ccccc1CCCC(C)C. The zero-order chi connectivity index (χ0) is 12.0. The van der Waals surface area contributed by atoms with Gasteiger partial charge in [-0.3, -0.25) is 0 Å². The van der Waals surface area contributed by atoms with Crippen LogP contribution in [0.5, 0.6) is 0 Å². The van der Waals surface area contributed by atoms with Crippen LogP contribution in [0.15, 0.2) is 24.3 Å². The Bertz CT molecular complexity index is 342. The van der Waals surface area contributed by atoms with Crippen molar-refractivity contribution >= 4 is 5.97 Å². The lowest BCUT2D eigenvalue weighted by molar-refractivity contribution is 0.0599. The second kappa shape index (κ2) is 6.31. The maximum Gasteiger partial charge on any atom is 0.338 e. The summed E-state index contributed by atoms with van der Waals surface area (Å²) in [5.41, 5.74) is 1.80. The van der Waals surface area contributed by atoms with Crippen LogP contribution in [0.25, 0.3) is 0 Å². The van der Waals surface area contributed by atoms with E-state index in [1.807, 2.05) is 24.3 Å². The highest BCUT2D eigenvalue weighted by Crippen LogP contribution is 2.15. The maximum absolute atomic E-state index is 11.5. The first-order valence-electron chi connectivity index (χ1n) is 5.81. The molecule has 0 N–H and O–H groups in total. The van der Waals surface area contributed by atoms with E-state index in [-0.39, 0.29) is 5.97 Å². The molecule has 0 heterocycles. The standard InChI is InChI=1S/C14H20O2/c1-11(2)7-6-9-12-8-4-5-10-13(12)14(15)16-3/h4-5,8,10-11H,6-7,9H2,1-3H3. The fraction of sp³-hybridized carbons (Fsp3) is 0.500. The van der Waals surface area contributed by atoms with Crippen molar-refractivity contribution < 1.29 is 9.53 Å². The Labute approximate surface area is 97.6 Å². The van der Waals surface area contributed by atoms with Crippen molar-refractivity contribution in [1.29, 1.82) is 0 Å². The van der Waals surface area contributed by atoms with Crippen LogP contribution in [0.1, 0.15) is 42.6 Å². The summed E-state index contributed by atoms with van der Waals surface area (Å²) < 4.78 is 4.77. The molecule has 0 aliphatic rings. The zero-order valence-electron chi connectivity index (χ0n) is 10.3. The third-order valence-electron chi connectivity index (χ3n) is 2.65. The van der Waals surface area contributed by atoms with E-state index in [0.717, 1.165) is 18.4 Å². The van der Waals surface area contributed by atoms with Crippen LogP contribution < -0.4 is 0 Å². The molecular weight excluding hydrogens is 200 g/mol. The minimum Gasteiger partial charge on any atom is -0.465 e. The van der Waals surface area contributed by atoms with Gasteiger partial charge in [0.05, 0.1) is 12.7 Å². The molecule has 0 aliphatic heterocycles. The predicted octanol–water partition coefficient (Wildman–Crippen LogP) is 3.45. The molecule has 0 aliphatic carbocycles. The molecule has 0 radical (unpaired) electrons. The predicted molar refractivity (Wildman–Crippen MR) is 65.6 cm³/mol. The number of rotatable bonds is 5. The Balaban J connectivity index is 2.67. The second-order valence-electron chi connectivity index (χ2n) is 4.43. The van der Waals surface area contributed by atoms with Gasteiger partial charge in [-0.1, -0.05) is 38.5 Å². The van der Waals surface area contributed by atoms with Gasteiger partial charge in [0.2, 0.25) is 0 Å². The summed E-state index contributed by atoms with van der Waals surface area (Å²) in [6.45, 7) is 4.43. The fourth-order valence-corrected chi connectivity index (χ4v) is 1.75. The lowest BCUT2D eigenvalue weighted by Gasteiger charge is -2.08. The van der Waals surface area contributed by atoms with Crippen molar-refractivity contribution in [2.45, 2.75) is 33.1 Å². The van der Waals surface area contributed by atoms with Crippen LogP contribution >= 0.6 is 0 Å². The number of ether oxygens (including phenoxy) is 1. The molecule has 0 saturated heterocycles. The molecule has 1 rings (SSSR count). The summed E-state index contributed by atoms with van der Waals surface area (Å²) in [4.78, 5) is 11.5. The second-order valence-corrected chi connectivity index (χ2v) is 4.43. The average molecular weight is 220 g/mol. The highest BCUT2D eigenvalue weighted by molar-refractivity contribution is 5.90. The van der Waals surface area contributed by atoms with E-state index in [1.54, 1.807) is 0 Å². The van der Waals surface area contributed by atoms with Gasteiger partial charge in [-0.2, -0.15) is 0 Å². The molecule has 0 amide bonds. The Hall–Kier alpha value is -1.31. The minimum atomic E-state index is -0.236. The number of hydrogen-bond donors (Lipinski definition) is 0. The Morgan fingerprint density at radius 3 is 2.62 bits per heavy atom. The highest BCUT2D eigenvalue weighted by Gasteiger charge is 2.10. The molecule has 1 aromatic carbocycles. The first kappa shape index (κ1) is 12.8. The van der Waals surface area contributed by atoms with Crippen LogP contribution in [-0.2, 0) is 11.2 Å². The Morgan fingerprint density at radius 1 is 1.31 bits per heavy atom. The summed E-state index contributed by atoms with van der Waals surface area (Å²) in [7, 11) is 1.42. The third kappa shape index (κ3) is 3.69. The van der Waals surface area contributed by atoms with Crippen molar-refractivity contribution in [3.8, 4) is 0 Å². The Kier molecular flexibility index (Phi) is 5.03. The monoisotopic (exact) mass is 220 g/mol. The number of aryl methyl sites for hydroxylation is 1. The summed E-state index contributed by atoms with van der Waals surface area (Å²) in [6.07, 6.45) is 3.25. The van der Waals surface area contributed by atoms with Gasteiger partial charge in [-0.25, -0.2) is 4.79 Å². The topological polar surface area (TPSA) is 26.3 Å². The molecule has 0 fully saturated rings. The van der Waals surface area contributed by atoms with Crippen LogP contribution in [0, 0.1) is 5.92 Å². The molecule has 0 unspecified atom stereocenters. The quantitative estimate of drug-likeness (QED) is 0.710. The molecule has 16 heavy (non-hydrogen) atoms. The van der Waals surface area contributed by atoms with Gasteiger partial charge in [-0.05, 0) is 30.4 Å². The van der Waals surface area contributed by atoms with E-state index in [0.29, 0.717) is 11.5 Å². The van der Waals surface area contributed by atoms with E-state index in [2.05, 4.69) is 13.8 Å². The van der Waals surface area contributed by atoms with Crippen molar-refractivity contribution in [2.24, 2.45) is 5.92 Å². The average Bonchev–Trinajstić information content (AvgIpc) is 2.28. The van der Waals surface area contributed by atoms with E-state index in [1.165, 1.54) is 13.5 Å². The van der Waals surface area contributed by atoms with E-state index >= 15 is 0 Å². The lowest BCUT2D eigenvalue weighted by Crippen LogP contribution is -2.05. The third-order valence-corrected chi connectivity index (χ3v) is 2.65.